The lowest BCUT2D eigenvalue weighted by atomic mass is 9.75. The van der Waals surface area contributed by atoms with Crippen molar-refractivity contribution < 1.29 is 4.79 Å². The third-order valence-electron chi connectivity index (χ3n) is 4.04. The number of carbonyl (C=O) groups is 1. The van der Waals surface area contributed by atoms with Gasteiger partial charge in [0.2, 0.25) is 0 Å². The number of rotatable bonds is 4. The molecule has 1 atom stereocenters. The summed E-state index contributed by atoms with van der Waals surface area (Å²) in [6, 6.07) is 7.52. The van der Waals surface area contributed by atoms with Gasteiger partial charge in [-0.3, -0.25) is 0 Å². The lowest BCUT2D eigenvalue weighted by molar-refractivity contribution is 0.179. The van der Waals surface area contributed by atoms with Crippen molar-refractivity contribution >= 4 is 11.7 Å². The molecule has 1 aliphatic rings. The Balaban J connectivity index is 1.97. The standard InChI is InChI=1S/C15H23N3O/c1-3-15(8-5-9-15)18-14(19)17-13-7-4-6-12(10-13)11(2)16/h4,6-7,10-11H,3,5,8-9,16H2,1-2H3,(H2,17,18,19). The molecule has 1 aromatic rings. The van der Waals surface area contributed by atoms with Crippen LogP contribution in [0.5, 0.6) is 0 Å². The van der Waals surface area contributed by atoms with Crippen LogP contribution in [0.1, 0.15) is 51.1 Å². The fourth-order valence-electron chi connectivity index (χ4n) is 2.47. The number of nitrogens with two attached hydrogens (primary N) is 1. The number of urea groups is 1. The summed E-state index contributed by atoms with van der Waals surface area (Å²) in [6.07, 6.45) is 4.35. The van der Waals surface area contributed by atoms with E-state index in [2.05, 4.69) is 17.6 Å². The van der Waals surface area contributed by atoms with Crippen LogP contribution in [0.2, 0.25) is 0 Å². The van der Waals surface area contributed by atoms with E-state index in [9.17, 15) is 4.79 Å². The van der Waals surface area contributed by atoms with Crippen LogP contribution in [0.25, 0.3) is 0 Å². The molecule has 1 saturated carbocycles. The van der Waals surface area contributed by atoms with Gasteiger partial charge in [0, 0.05) is 17.3 Å². The molecule has 0 saturated heterocycles. The van der Waals surface area contributed by atoms with Gasteiger partial charge in [-0.15, -0.1) is 0 Å². The summed E-state index contributed by atoms with van der Waals surface area (Å²) in [4.78, 5) is 12.0. The zero-order valence-electron chi connectivity index (χ0n) is 11.7. The number of benzene rings is 1. The first-order valence-corrected chi connectivity index (χ1v) is 6.99. The molecular formula is C15H23N3O. The molecule has 4 nitrogen and oxygen atoms in total. The zero-order chi connectivity index (χ0) is 13.9. The summed E-state index contributed by atoms with van der Waals surface area (Å²) in [6.45, 7) is 4.05. The molecule has 0 heterocycles. The summed E-state index contributed by atoms with van der Waals surface area (Å²) in [5.41, 5.74) is 7.67. The average Bonchev–Trinajstić information content (AvgIpc) is 2.34. The normalized spacial score (nSPS) is 18.3. The van der Waals surface area contributed by atoms with Crippen LogP contribution in [-0.4, -0.2) is 11.6 Å². The first-order valence-electron chi connectivity index (χ1n) is 6.99. The molecule has 104 valence electrons. The van der Waals surface area contributed by atoms with Crippen LogP contribution in [0.4, 0.5) is 10.5 Å². The van der Waals surface area contributed by atoms with Gasteiger partial charge in [0.05, 0.1) is 0 Å². The van der Waals surface area contributed by atoms with Crippen molar-refractivity contribution in [2.45, 2.75) is 51.1 Å². The molecule has 0 spiro atoms. The van der Waals surface area contributed by atoms with Crippen LogP contribution in [-0.2, 0) is 0 Å². The number of amides is 2. The second-order valence-corrected chi connectivity index (χ2v) is 5.48. The smallest absolute Gasteiger partial charge is 0.319 e. The van der Waals surface area contributed by atoms with Gasteiger partial charge >= 0.3 is 6.03 Å². The second-order valence-electron chi connectivity index (χ2n) is 5.48. The molecular weight excluding hydrogens is 238 g/mol. The number of carbonyl (C=O) groups excluding carboxylic acids is 1. The molecule has 1 fully saturated rings. The van der Waals surface area contributed by atoms with Crippen LogP contribution < -0.4 is 16.4 Å². The van der Waals surface area contributed by atoms with Crippen LogP contribution >= 0.6 is 0 Å². The maximum atomic E-state index is 12.0. The number of hydrogen-bond acceptors (Lipinski definition) is 2. The van der Waals surface area contributed by atoms with Gasteiger partial charge in [-0.2, -0.15) is 0 Å². The van der Waals surface area contributed by atoms with Crippen molar-refractivity contribution in [3.63, 3.8) is 0 Å². The Morgan fingerprint density at radius 3 is 2.74 bits per heavy atom. The molecule has 1 aliphatic carbocycles. The van der Waals surface area contributed by atoms with E-state index in [-0.39, 0.29) is 17.6 Å². The van der Waals surface area contributed by atoms with E-state index in [1.54, 1.807) is 0 Å². The monoisotopic (exact) mass is 261 g/mol. The molecule has 4 heteroatoms. The van der Waals surface area contributed by atoms with Gasteiger partial charge in [0.1, 0.15) is 0 Å². The van der Waals surface area contributed by atoms with Crippen LogP contribution in [0.15, 0.2) is 24.3 Å². The van der Waals surface area contributed by atoms with E-state index in [1.165, 1.54) is 6.42 Å². The Labute approximate surface area is 114 Å². The Morgan fingerprint density at radius 2 is 2.21 bits per heavy atom. The Morgan fingerprint density at radius 1 is 1.47 bits per heavy atom. The molecule has 0 aliphatic heterocycles. The molecule has 1 aromatic carbocycles. The quantitative estimate of drug-likeness (QED) is 0.779. The molecule has 1 unspecified atom stereocenters. The zero-order valence-corrected chi connectivity index (χ0v) is 11.7. The number of anilines is 1. The predicted molar refractivity (Wildman–Crippen MR) is 78.1 cm³/mol. The maximum absolute atomic E-state index is 12.0. The Kier molecular flexibility index (Phi) is 4.10. The molecule has 0 aromatic heterocycles. The summed E-state index contributed by atoms with van der Waals surface area (Å²) in [5.74, 6) is 0. The highest BCUT2D eigenvalue weighted by Gasteiger charge is 2.36. The van der Waals surface area contributed by atoms with Gasteiger partial charge in [-0.05, 0) is 50.3 Å². The SMILES string of the molecule is CCC1(NC(=O)Nc2cccc(C(C)N)c2)CCC1. The average molecular weight is 261 g/mol. The predicted octanol–water partition coefficient (Wildman–Crippen LogP) is 3.16. The molecule has 2 amide bonds. The molecule has 4 N–H and O–H groups in total. The number of nitrogens with one attached hydrogen (secondary N) is 2. The molecule has 0 bridgehead atoms. The maximum Gasteiger partial charge on any atom is 0.319 e. The van der Waals surface area contributed by atoms with Crippen molar-refractivity contribution in [2.24, 2.45) is 5.73 Å². The third kappa shape index (κ3) is 3.26. The van der Waals surface area contributed by atoms with Crippen molar-refractivity contribution in [3.8, 4) is 0 Å². The van der Waals surface area contributed by atoms with E-state index < -0.39 is 0 Å². The van der Waals surface area contributed by atoms with E-state index in [1.807, 2.05) is 31.2 Å². The van der Waals surface area contributed by atoms with E-state index in [0.717, 1.165) is 30.5 Å². The van der Waals surface area contributed by atoms with E-state index in [4.69, 9.17) is 5.73 Å². The first-order chi connectivity index (χ1) is 9.04. The molecule has 0 radical (unpaired) electrons. The van der Waals surface area contributed by atoms with E-state index in [0.29, 0.717) is 0 Å². The number of hydrogen-bond donors (Lipinski definition) is 3. The lowest BCUT2D eigenvalue weighted by Gasteiger charge is -2.41. The second kappa shape index (κ2) is 5.61. The topological polar surface area (TPSA) is 67.2 Å². The minimum Gasteiger partial charge on any atom is -0.332 e. The summed E-state index contributed by atoms with van der Waals surface area (Å²) >= 11 is 0. The highest BCUT2D eigenvalue weighted by atomic mass is 16.2. The van der Waals surface area contributed by atoms with E-state index >= 15 is 0 Å². The fourth-order valence-corrected chi connectivity index (χ4v) is 2.47. The highest BCUT2D eigenvalue weighted by Crippen LogP contribution is 2.34. The summed E-state index contributed by atoms with van der Waals surface area (Å²) in [5, 5.41) is 5.99. The molecule has 2 rings (SSSR count). The van der Waals surface area contributed by atoms with Gasteiger partial charge in [0.25, 0.3) is 0 Å². The highest BCUT2D eigenvalue weighted by molar-refractivity contribution is 5.89. The van der Waals surface area contributed by atoms with Crippen molar-refractivity contribution in [1.82, 2.24) is 5.32 Å². The largest absolute Gasteiger partial charge is 0.332 e. The minimum absolute atomic E-state index is 0.0167. The minimum atomic E-state index is -0.122. The van der Waals surface area contributed by atoms with Crippen molar-refractivity contribution in [1.29, 1.82) is 0 Å². The van der Waals surface area contributed by atoms with Gasteiger partial charge < -0.3 is 16.4 Å². The third-order valence-corrected chi connectivity index (χ3v) is 4.04. The lowest BCUT2D eigenvalue weighted by Crippen LogP contribution is -2.54. The summed E-state index contributed by atoms with van der Waals surface area (Å²) in [7, 11) is 0. The van der Waals surface area contributed by atoms with Gasteiger partial charge in [-0.1, -0.05) is 19.1 Å². The first kappa shape index (κ1) is 13.9. The van der Waals surface area contributed by atoms with Crippen LogP contribution in [0.3, 0.4) is 0 Å². The van der Waals surface area contributed by atoms with Gasteiger partial charge in [0.15, 0.2) is 0 Å². The fraction of sp³-hybridized carbons (Fsp3) is 0.533. The van der Waals surface area contributed by atoms with Crippen molar-refractivity contribution in [2.75, 3.05) is 5.32 Å². The van der Waals surface area contributed by atoms with Crippen molar-refractivity contribution in [3.05, 3.63) is 29.8 Å². The van der Waals surface area contributed by atoms with Gasteiger partial charge in [-0.25, -0.2) is 4.79 Å². The Hall–Kier alpha value is -1.55. The molecule has 19 heavy (non-hydrogen) atoms. The Bertz CT molecular complexity index is 447. The summed E-state index contributed by atoms with van der Waals surface area (Å²) < 4.78 is 0. The van der Waals surface area contributed by atoms with Crippen LogP contribution in [0, 0.1) is 0 Å².